The number of likely N-dealkylation sites (N-methyl/N-ethyl adjacent to an activating group) is 1. The lowest BCUT2D eigenvalue weighted by Gasteiger charge is -2.35. The van der Waals surface area contributed by atoms with E-state index < -0.39 is 0 Å². The van der Waals surface area contributed by atoms with Crippen LogP contribution >= 0.6 is 11.3 Å². The molecule has 1 N–H and O–H groups in total. The van der Waals surface area contributed by atoms with E-state index in [1.54, 1.807) is 18.4 Å². The zero-order valence-corrected chi connectivity index (χ0v) is 19.0. The van der Waals surface area contributed by atoms with Gasteiger partial charge >= 0.3 is 0 Å². The van der Waals surface area contributed by atoms with Crippen LogP contribution in [0.2, 0.25) is 0 Å². The predicted octanol–water partition coefficient (Wildman–Crippen LogP) is 4.06. The molecule has 6 nitrogen and oxygen atoms in total. The fourth-order valence-corrected chi connectivity index (χ4v) is 4.59. The van der Waals surface area contributed by atoms with Crippen LogP contribution in [0.15, 0.2) is 47.8 Å². The van der Waals surface area contributed by atoms with Crippen molar-refractivity contribution in [3.8, 4) is 16.3 Å². The normalized spacial score (nSPS) is 14.5. The summed E-state index contributed by atoms with van der Waals surface area (Å²) >= 11 is 1.54. The summed E-state index contributed by atoms with van der Waals surface area (Å²) in [4.78, 5) is 21.9. The van der Waals surface area contributed by atoms with Crippen LogP contribution in [0.1, 0.15) is 11.3 Å². The van der Waals surface area contributed by atoms with E-state index in [1.165, 1.54) is 11.3 Å². The van der Waals surface area contributed by atoms with Crippen LogP contribution in [-0.2, 0) is 11.2 Å². The van der Waals surface area contributed by atoms with Crippen molar-refractivity contribution in [2.45, 2.75) is 13.3 Å². The molecule has 7 heteroatoms. The Hall–Kier alpha value is -2.90. The number of methoxy groups -OCH3 is 1. The van der Waals surface area contributed by atoms with Crippen LogP contribution in [0.3, 0.4) is 0 Å². The molecule has 0 atom stereocenters. The maximum Gasteiger partial charge on any atom is 0.230 e. The monoisotopic (exact) mass is 436 g/mol. The minimum atomic E-state index is -0.0571. The number of nitrogens with zero attached hydrogens (tertiary/aromatic N) is 3. The van der Waals surface area contributed by atoms with Gasteiger partial charge in [-0.3, -0.25) is 4.79 Å². The zero-order valence-electron chi connectivity index (χ0n) is 18.2. The molecule has 0 radical (unpaired) electrons. The Bertz CT molecular complexity index is 1040. The summed E-state index contributed by atoms with van der Waals surface area (Å²) in [5, 5.41) is 5.86. The van der Waals surface area contributed by atoms with E-state index in [1.807, 2.05) is 35.7 Å². The van der Waals surface area contributed by atoms with Gasteiger partial charge in [0, 0.05) is 48.5 Å². The van der Waals surface area contributed by atoms with E-state index in [0.717, 1.165) is 53.9 Å². The first kappa shape index (κ1) is 21.3. The van der Waals surface area contributed by atoms with Crippen LogP contribution in [0.4, 0.5) is 11.4 Å². The maximum atomic E-state index is 12.6. The van der Waals surface area contributed by atoms with Crippen molar-refractivity contribution in [2.75, 3.05) is 50.6 Å². The number of hydrogen-bond donors (Lipinski definition) is 1. The molecule has 3 aromatic rings. The summed E-state index contributed by atoms with van der Waals surface area (Å²) in [5.74, 6) is 0.757. The van der Waals surface area contributed by atoms with E-state index in [4.69, 9.17) is 4.74 Å². The van der Waals surface area contributed by atoms with Gasteiger partial charge in [0.1, 0.15) is 10.8 Å². The summed E-state index contributed by atoms with van der Waals surface area (Å²) in [5.41, 5.74) is 5.05. The summed E-state index contributed by atoms with van der Waals surface area (Å²) in [6.45, 7) is 6.31. The molecule has 1 amide bonds. The van der Waals surface area contributed by atoms with Crippen molar-refractivity contribution >= 4 is 28.6 Å². The number of ether oxygens (including phenoxy) is 1. The highest BCUT2D eigenvalue weighted by Crippen LogP contribution is 2.27. The molecule has 4 rings (SSSR count). The molecule has 2 heterocycles. The standard InChI is InChI=1S/C24H28N4O2S/c1-17-14-19(6-9-22(17)28-12-10-27(2)11-13-28)25-23(29)15-20-16-31-24(26-20)18-4-7-21(30-3)8-5-18/h4-9,14,16H,10-13,15H2,1-3H3,(H,25,29). The summed E-state index contributed by atoms with van der Waals surface area (Å²) in [6.07, 6.45) is 0.256. The molecule has 1 aliphatic heterocycles. The molecule has 1 aliphatic rings. The third-order valence-electron chi connectivity index (χ3n) is 5.55. The Morgan fingerprint density at radius 2 is 1.87 bits per heavy atom. The third-order valence-corrected chi connectivity index (χ3v) is 6.50. The zero-order chi connectivity index (χ0) is 21.8. The fraction of sp³-hybridized carbons (Fsp3) is 0.333. The lowest BCUT2D eigenvalue weighted by molar-refractivity contribution is -0.115. The Morgan fingerprint density at radius 3 is 2.55 bits per heavy atom. The first-order valence-corrected chi connectivity index (χ1v) is 11.3. The maximum absolute atomic E-state index is 12.6. The molecule has 0 saturated carbocycles. The number of anilines is 2. The number of carbonyl (C=O) groups excluding carboxylic acids is 1. The molecule has 0 aliphatic carbocycles. The highest BCUT2D eigenvalue weighted by molar-refractivity contribution is 7.13. The molecule has 31 heavy (non-hydrogen) atoms. The van der Waals surface area contributed by atoms with Crippen LogP contribution < -0.4 is 15.0 Å². The lowest BCUT2D eigenvalue weighted by atomic mass is 10.1. The van der Waals surface area contributed by atoms with Gasteiger partial charge in [0.15, 0.2) is 0 Å². The Balaban J connectivity index is 1.36. The third kappa shape index (κ3) is 5.24. The molecule has 162 valence electrons. The van der Waals surface area contributed by atoms with E-state index in [2.05, 4.69) is 46.2 Å². The molecule has 0 unspecified atom stereocenters. The fourth-order valence-electron chi connectivity index (χ4n) is 3.76. The van der Waals surface area contributed by atoms with E-state index in [9.17, 15) is 4.79 Å². The predicted molar refractivity (Wildman–Crippen MR) is 127 cm³/mol. The topological polar surface area (TPSA) is 57.7 Å². The summed E-state index contributed by atoms with van der Waals surface area (Å²) in [7, 11) is 3.81. The highest BCUT2D eigenvalue weighted by Gasteiger charge is 2.16. The van der Waals surface area contributed by atoms with Gasteiger partial charge in [0.05, 0.1) is 19.2 Å². The lowest BCUT2D eigenvalue weighted by Crippen LogP contribution is -2.44. The van der Waals surface area contributed by atoms with Gasteiger partial charge in [-0.25, -0.2) is 4.98 Å². The van der Waals surface area contributed by atoms with Crippen molar-refractivity contribution in [2.24, 2.45) is 0 Å². The van der Waals surface area contributed by atoms with Crippen molar-refractivity contribution in [1.29, 1.82) is 0 Å². The summed E-state index contributed by atoms with van der Waals surface area (Å²) in [6, 6.07) is 13.9. The molecule has 0 bridgehead atoms. The average molecular weight is 437 g/mol. The Morgan fingerprint density at radius 1 is 1.13 bits per heavy atom. The quantitative estimate of drug-likeness (QED) is 0.632. The number of aryl methyl sites for hydroxylation is 1. The number of carbonyl (C=O) groups is 1. The van der Waals surface area contributed by atoms with E-state index >= 15 is 0 Å². The second kappa shape index (κ2) is 9.49. The Kier molecular flexibility index (Phi) is 6.53. The first-order chi connectivity index (χ1) is 15.0. The van der Waals surface area contributed by atoms with Crippen molar-refractivity contribution < 1.29 is 9.53 Å². The number of nitrogens with one attached hydrogen (secondary N) is 1. The van der Waals surface area contributed by atoms with Crippen LogP contribution in [0.5, 0.6) is 5.75 Å². The van der Waals surface area contributed by atoms with Gasteiger partial charge < -0.3 is 19.9 Å². The highest BCUT2D eigenvalue weighted by atomic mass is 32.1. The molecule has 1 saturated heterocycles. The second-order valence-corrected chi connectivity index (χ2v) is 8.75. The number of piperazine rings is 1. The minimum absolute atomic E-state index is 0.0571. The van der Waals surface area contributed by atoms with E-state index in [0.29, 0.717) is 0 Å². The number of rotatable bonds is 6. The molecule has 1 fully saturated rings. The Labute approximate surface area is 187 Å². The number of amides is 1. The average Bonchev–Trinajstić information content (AvgIpc) is 3.23. The first-order valence-electron chi connectivity index (χ1n) is 10.4. The number of thiazole rings is 1. The van der Waals surface area contributed by atoms with Crippen molar-refractivity contribution in [1.82, 2.24) is 9.88 Å². The van der Waals surface area contributed by atoms with Crippen LogP contribution in [0.25, 0.3) is 10.6 Å². The molecule has 0 spiro atoms. The van der Waals surface area contributed by atoms with Gasteiger partial charge in [0.25, 0.3) is 0 Å². The largest absolute Gasteiger partial charge is 0.497 e. The number of hydrogen-bond acceptors (Lipinski definition) is 6. The van der Waals surface area contributed by atoms with Gasteiger partial charge in [0.2, 0.25) is 5.91 Å². The van der Waals surface area contributed by atoms with Crippen LogP contribution in [-0.4, -0.2) is 56.1 Å². The molecule has 1 aromatic heterocycles. The van der Waals surface area contributed by atoms with Gasteiger partial charge in [-0.15, -0.1) is 11.3 Å². The minimum Gasteiger partial charge on any atom is -0.497 e. The van der Waals surface area contributed by atoms with Gasteiger partial charge in [-0.2, -0.15) is 0 Å². The van der Waals surface area contributed by atoms with Crippen molar-refractivity contribution in [3.05, 3.63) is 59.1 Å². The molecular formula is C24H28N4O2S. The second-order valence-electron chi connectivity index (χ2n) is 7.89. The smallest absolute Gasteiger partial charge is 0.230 e. The SMILES string of the molecule is COc1ccc(-c2nc(CC(=O)Nc3ccc(N4CCN(C)CC4)c(C)c3)cs2)cc1. The summed E-state index contributed by atoms with van der Waals surface area (Å²) < 4.78 is 5.20. The van der Waals surface area contributed by atoms with Crippen LogP contribution in [0, 0.1) is 6.92 Å². The molecule has 2 aromatic carbocycles. The molecular weight excluding hydrogens is 408 g/mol. The number of benzene rings is 2. The van der Waals surface area contributed by atoms with Gasteiger partial charge in [-0.1, -0.05) is 0 Å². The van der Waals surface area contributed by atoms with Gasteiger partial charge in [-0.05, 0) is 62.0 Å². The van der Waals surface area contributed by atoms with E-state index in [-0.39, 0.29) is 12.3 Å². The van der Waals surface area contributed by atoms with Crippen molar-refractivity contribution in [3.63, 3.8) is 0 Å². The number of aromatic nitrogens is 1.